The fourth-order valence-corrected chi connectivity index (χ4v) is 3.48. The van der Waals surface area contributed by atoms with Crippen molar-refractivity contribution in [3.8, 4) is 0 Å². The van der Waals surface area contributed by atoms with E-state index in [1.54, 1.807) is 0 Å². The normalized spacial score (nSPS) is 19.9. The van der Waals surface area contributed by atoms with Crippen molar-refractivity contribution in [3.63, 3.8) is 0 Å². The van der Waals surface area contributed by atoms with Crippen molar-refractivity contribution in [3.05, 3.63) is 5.21 Å². The van der Waals surface area contributed by atoms with Crippen LogP contribution >= 0.6 is 0 Å². The van der Waals surface area contributed by atoms with Gasteiger partial charge < -0.3 is 15.2 Å². The Labute approximate surface area is 154 Å². The summed E-state index contributed by atoms with van der Waals surface area (Å²) in [6, 6.07) is 0. The fraction of sp³-hybridized carbons (Fsp3) is 0.900. The van der Waals surface area contributed by atoms with Gasteiger partial charge in [0.1, 0.15) is 13.1 Å². The second kappa shape index (κ2) is 13.3. The van der Waals surface area contributed by atoms with Crippen LogP contribution in [0.2, 0.25) is 0 Å². The number of nitrogens with one attached hydrogen (secondary N) is 1. The number of carbonyl (C=O) groups is 1. The third-order valence-electron chi connectivity index (χ3n) is 5.08. The minimum Gasteiger partial charge on any atom is -0.626 e. The van der Waals surface area contributed by atoms with Gasteiger partial charge in [-0.2, -0.15) is 0 Å². The topological polar surface area (TPSA) is 64.5 Å². The minimum absolute atomic E-state index is 0.0744. The van der Waals surface area contributed by atoms with Crippen LogP contribution in [0.15, 0.2) is 4.99 Å². The summed E-state index contributed by atoms with van der Waals surface area (Å²) in [6.45, 7) is 5.77. The van der Waals surface area contributed by atoms with Crippen molar-refractivity contribution >= 4 is 11.7 Å². The van der Waals surface area contributed by atoms with E-state index in [2.05, 4.69) is 17.2 Å². The first-order valence-corrected chi connectivity index (χ1v) is 10.4. The lowest BCUT2D eigenvalue weighted by atomic mass is 10.1. The van der Waals surface area contributed by atoms with Gasteiger partial charge in [-0.25, -0.2) is 4.99 Å². The average molecular weight is 354 g/mol. The average Bonchev–Trinajstić information content (AvgIpc) is 2.93. The van der Waals surface area contributed by atoms with Crippen LogP contribution in [0.3, 0.4) is 0 Å². The molecular formula is C20H39N3O2. The first-order chi connectivity index (χ1) is 12.1. The van der Waals surface area contributed by atoms with Gasteiger partial charge in [-0.15, -0.1) is 0 Å². The Morgan fingerprint density at radius 2 is 1.60 bits per heavy atom. The van der Waals surface area contributed by atoms with E-state index in [0.29, 0.717) is 26.2 Å². The van der Waals surface area contributed by atoms with E-state index in [9.17, 15) is 10.0 Å². The molecule has 1 aliphatic heterocycles. The van der Waals surface area contributed by atoms with Crippen molar-refractivity contribution in [2.45, 2.75) is 90.9 Å². The highest BCUT2D eigenvalue weighted by Gasteiger charge is 2.28. The van der Waals surface area contributed by atoms with Crippen molar-refractivity contribution < 1.29 is 9.44 Å². The van der Waals surface area contributed by atoms with Gasteiger partial charge in [0.15, 0.2) is 5.84 Å². The monoisotopic (exact) mass is 353 g/mol. The van der Waals surface area contributed by atoms with Crippen LogP contribution in [0.25, 0.3) is 0 Å². The molecule has 0 bridgehead atoms. The molecule has 0 saturated heterocycles. The molecule has 1 amide bonds. The summed E-state index contributed by atoms with van der Waals surface area (Å²) in [5.74, 6) is 0.718. The molecular weight excluding hydrogens is 314 g/mol. The second-order valence-corrected chi connectivity index (χ2v) is 7.40. The highest BCUT2D eigenvalue weighted by molar-refractivity contribution is 5.77. The quantitative estimate of drug-likeness (QED) is 0.267. The summed E-state index contributed by atoms with van der Waals surface area (Å²) < 4.78 is -0.321. The van der Waals surface area contributed by atoms with Gasteiger partial charge in [0.2, 0.25) is 5.91 Å². The van der Waals surface area contributed by atoms with E-state index >= 15 is 0 Å². The first kappa shape index (κ1) is 22.1. The lowest BCUT2D eigenvalue weighted by Gasteiger charge is -2.38. The molecule has 1 rings (SSSR count). The molecule has 0 fully saturated rings. The smallest absolute Gasteiger partial charge is 0.217 e. The Morgan fingerprint density at radius 3 is 2.16 bits per heavy atom. The molecule has 25 heavy (non-hydrogen) atoms. The molecule has 0 aromatic carbocycles. The SMILES string of the molecule is CCCCCCCCCCCCCC1=NCC[N+]1([O-])CCNC(C)=O. The number of quaternary nitrogens is 1. The van der Waals surface area contributed by atoms with Crippen molar-refractivity contribution in [2.75, 3.05) is 26.2 Å². The van der Waals surface area contributed by atoms with Gasteiger partial charge in [0, 0.05) is 13.3 Å². The number of rotatable bonds is 15. The van der Waals surface area contributed by atoms with Gasteiger partial charge >= 0.3 is 0 Å². The summed E-state index contributed by atoms with van der Waals surface area (Å²) >= 11 is 0. The summed E-state index contributed by atoms with van der Waals surface area (Å²) in [5, 5.41) is 15.5. The second-order valence-electron chi connectivity index (χ2n) is 7.40. The van der Waals surface area contributed by atoms with Gasteiger partial charge in [-0.3, -0.25) is 4.79 Å². The zero-order chi connectivity index (χ0) is 18.4. The number of amides is 1. The van der Waals surface area contributed by atoms with Gasteiger partial charge in [-0.05, 0) is 6.42 Å². The maximum absolute atomic E-state index is 12.8. The molecule has 1 N–H and O–H groups in total. The van der Waals surface area contributed by atoms with Crippen LogP contribution in [-0.4, -0.2) is 42.6 Å². The standard InChI is InChI=1S/C20H39N3O2/c1-3-4-5-6-7-8-9-10-11-12-13-14-20-22-16-18-23(20,25)17-15-21-19(2)24/h3-18H2,1-2H3,(H,21,24). The van der Waals surface area contributed by atoms with Crippen LogP contribution in [0, 0.1) is 5.21 Å². The number of hydroxylamine groups is 3. The molecule has 146 valence electrons. The molecule has 0 aromatic heterocycles. The Bertz CT molecular complexity index is 398. The van der Waals surface area contributed by atoms with E-state index in [1.807, 2.05) is 0 Å². The largest absolute Gasteiger partial charge is 0.626 e. The van der Waals surface area contributed by atoms with Crippen LogP contribution < -0.4 is 5.32 Å². The van der Waals surface area contributed by atoms with Gasteiger partial charge in [0.05, 0.1) is 13.1 Å². The van der Waals surface area contributed by atoms with Crippen molar-refractivity contribution in [1.82, 2.24) is 5.32 Å². The van der Waals surface area contributed by atoms with Crippen LogP contribution in [0.5, 0.6) is 0 Å². The summed E-state index contributed by atoms with van der Waals surface area (Å²) in [6.07, 6.45) is 15.3. The van der Waals surface area contributed by atoms with Crippen molar-refractivity contribution in [1.29, 1.82) is 0 Å². The zero-order valence-corrected chi connectivity index (χ0v) is 16.5. The molecule has 1 aliphatic rings. The molecule has 0 aromatic rings. The first-order valence-electron chi connectivity index (χ1n) is 10.4. The fourth-order valence-electron chi connectivity index (χ4n) is 3.48. The Hall–Kier alpha value is -0.940. The number of carbonyl (C=O) groups excluding carboxylic acids is 1. The predicted molar refractivity (Wildman–Crippen MR) is 105 cm³/mol. The van der Waals surface area contributed by atoms with Crippen molar-refractivity contribution in [2.24, 2.45) is 4.99 Å². The van der Waals surface area contributed by atoms with E-state index in [1.165, 1.54) is 71.1 Å². The van der Waals surface area contributed by atoms with Gasteiger partial charge in [0.25, 0.3) is 0 Å². The number of aliphatic imine (C=N–C) groups is 1. The molecule has 1 unspecified atom stereocenters. The van der Waals surface area contributed by atoms with Crippen LogP contribution in [0.4, 0.5) is 0 Å². The summed E-state index contributed by atoms with van der Waals surface area (Å²) in [7, 11) is 0. The summed E-state index contributed by atoms with van der Waals surface area (Å²) in [4.78, 5) is 15.4. The number of amidine groups is 1. The maximum atomic E-state index is 12.8. The Kier molecular flexibility index (Phi) is 11.7. The van der Waals surface area contributed by atoms with E-state index in [4.69, 9.17) is 0 Å². The van der Waals surface area contributed by atoms with E-state index in [-0.39, 0.29) is 10.6 Å². The highest BCUT2D eigenvalue weighted by atomic mass is 16.5. The highest BCUT2D eigenvalue weighted by Crippen LogP contribution is 2.18. The zero-order valence-electron chi connectivity index (χ0n) is 16.5. The Morgan fingerprint density at radius 1 is 1.04 bits per heavy atom. The van der Waals surface area contributed by atoms with Gasteiger partial charge in [-0.1, -0.05) is 71.1 Å². The van der Waals surface area contributed by atoms with Crippen LogP contribution in [-0.2, 0) is 4.79 Å². The predicted octanol–water partition coefficient (Wildman–Crippen LogP) is 4.55. The molecule has 0 aliphatic carbocycles. The number of hydrogen-bond donors (Lipinski definition) is 1. The maximum Gasteiger partial charge on any atom is 0.217 e. The van der Waals surface area contributed by atoms with E-state index < -0.39 is 0 Å². The minimum atomic E-state index is -0.321. The third kappa shape index (κ3) is 9.95. The molecule has 5 heteroatoms. The van der Waals surface area contributed by atoms with Crippen LogP contribution in [0.1, 0.15) is 90.9 Å². The lowest BCUT2D eigenvalue weighted by molar-refractivity contribution is -0.782. The summed E-state index contributed by atoms with van der Waals surface area (Å²) in [5.41, 5.74) is 0. The lowest BCUT2D eigenvalue weighted by Crippen LogP contribution is -2.49. The molecule has 0 radical (unpaired) electrons. The third-order valence-corrected chi connectivity index (χ3v) is 5.08. The molecule has 0 saturated carbocycles. The number of unbranched alkanes of at least 4 members (excludes halogenated alkanes) is 10. The molecule has 1 heterocycles. The molecule has 5 nitrogen and oxygen atoms in total. The number of hydrogen-bond acceptors (Lipinski definition) is 3. The molecule has 1 atom stereocenters. The molecule has 0 spiro atoms. The Balaban J connectivity index is 2.02. The van der Waals surface area contributed by atoms with E-state index in [0.717, 1.165) is 18.7 Å². The number of nitrogens with zero attached hydrogens (tertiary/aromatic N) is 2.